The molecule has 1 aromatic carbocycles. The first kappa shape index (κ1) is 16.3. The molecule has 2 amide bonds. The Balaban J connectivity index is 2.04. The number of amides is 2. The summed E-state index contributed by atoms with van der Waals surface area (Å²) < 4.78 is 0. The van der Waals surface area contributed by atoms with Gasteiger partial charge in [-0.05, 0) is 29.8 Å². The highest BCUT2D eigenvalue weighted by molar-refractivity contribution is 8.00. The standard InChI is InChI=1S/C15H14ClN3O2S/c16-11-4-1-3-10(7-11)8-19-14(21)12-5-2-6-18-15(12)22-9-13(17)20/h1-7H,8-9H2,(H2,17,20)(H,19,21). The van der Waals surface area contributed by atoms with Crippen LogP contribution in [-0.2, 0) is 11.3 Å². The Morgan fingerprint density at radius 3 is 2.82 bits per heavy atom. The zero-order chi connectivity index (χ0) is 15.9. The number of pyridine rings is 1. The molecule has 0 spiro atoms. The Morgan fingerprint density at radius 2 is 2.09 bits per heavy atom. The van der Waals surface area contributed by atoms with Gasteiger partial charge in [0.1, 0.15) is 5.03 Å². The average Bonchev–Trinajstić information content (AvgIpc) is 2.51. The van der Waals surface area contributed by atoms with Crippen molar-refractivity contribution in [2.75, 3.05) is 5.75 Å². The lowest BCUT2D eigenvalue weighted by atomic mass is 10.2. The van der Waals surface area contributed by atoms with Crippen molar-refractivity contribution in [1.82, 2.24) is 10.3 Å². The van der Waals surface area contributed by atoms with E-state index in [-0.39, 0.29) is 11.7 Å². The highest BCUT2D eigenvalue weighted by atomic mass is 35.5. The van der Waals surface area contributed by atoms with Gasteiger partial charge in [-0.1, -0.05) is 35.5 Å². The zero-order valence-electron chi connectivity index (χ0n) is 11.6. The predicted octanol–water partition coefficient (Wildman–Crippen LogP) is 2.24. The number of aromatic nitrogens is 1. The number of carbonyl (C=O) groups is 2. The van der Waals surface area contributed by atoms with Crippen LogP contribution in [0.4, 0.5) is 0 Å². The minimum absolute atomic E-state index is 0.0750. The fourth-order valence-corrected chi connectivity index (χ4v) is 2.69. The van der Waals surface area contributed by atoms with Crippen molar-refractivity contribution in [2.45, 2.75) is 11.6 Å². The molecule has 1 aromatic heterocycles. The number of nitrogens with one attached hydrogen (secondary N) is 1. The zero-order valence-corrected chi connectivity index (χ0v) is 13.2. The van der Waals surface area contributed by atoms with Crippen LogP contribution in [0.1, 0.15) is 15.9 Å². The van der Waals surface area contributed by atoms with Gasteiger partial charge in [0.25, 0.3) is 5.91 Å². The first-order valence-electron chi connectivity index (χ1n) is 6.45. The Hall–Kier alpha value is -2.05. The molecule has 7 heteroatoms. The van der Waals surface area contributed by atoms with Crippen LogP contribution in [0.5, 0.6) is 0 Å². The maximum atomic E-state index is 12.3. The van der Waals surface area contributed by atoms with Gasteiger partial charge in [-0.15, -0.1) is 0 Å². The lowest BCUT2D eigenvalue weighted by Crippen LogP contribution is -2.24. The molecule has 0 aliphatic carbocycles. The second kappa shape index (κ2) is 7.82. The van der Waals surface area contributed by atoms with E-state index < -0.39 is 5.91 Å². The van der Waals surface area contributed by atoms with E-state index in [1.165, 1.54) is 0 Å². The monoisotopic (exact) mass is 335 g/mol. The second-order valence-corrected chi connectivity index (χ2v) is 5.82. The van der Waals surface area contributed by atoms with Crippen molar-refractivity contribution in [3.05, 3.63) is 58.7 Å². The van der Waals surface area contributed by atoms with Crippen LogP contribution in [0.3, 0.4) is 0 Å². The van der Waals surface area contributed by atoms with Crippen LogP contribution < -0.4 is 11.1 Å². The van der Waals surface area contributed by atoms with Gasteiger partial charge in [0.2, 0.25) is 5.91 Å². The van der Waals surface area contributed by atoms with Gasteiger partial charge in [0.15, 0.2) is 0 Å². The summed E-state index contributed by atoms with van der Waals surface area (Å²) in [6.07, 6.45) is 1.57. The molecule has 0 radical (unpaired) electrons. The summed E-state index contributed by atoms with van der Waals surface area (Å²) in [6.45, 7) is 0.355. The van der Waals surface area contributed by atoms with Crippen LogP contribution in [0, 0.1) is 0 Å². The van der Waals surface area contributed by atoms with Crippen LogP contribution in [-0.4, -0.2) is 22.6 Å². The minimum Gasteiger partial charge on any atom is -0.369 e. The van der Waals surface area contributed by atoms with Crippen LogP contribution in [0.25, 0.3) is 0 Å². The van der Waals surface area contributed by atoms with Crippen LogP contribution in [0.2, 0.25) is 5.02 Å². The lowest BCUT2D eigenvalue weighted by molar-refractivity contribution is -0.115. The largest absolute Gasteiger partial charge is 0.369 e. The van der Waals surface area contributed by atoms with E-state index in [9.17, 15) is 9.59 Å². The van der Waals surface area contributed by atoms with Gasteiger partial charge in [-0.3, -0.25) is 9.59 Å². The van der Waals surface area contributed by atoms with Crippen molar-refractivity contribution in [3.63, 3.8) is 0 Å². The highest BCUT2D eigenvalue weighted by Crippen LogP contribution is 2.19. The van der Waals surface area contributed by atoms with E-state index in [0.717, 1.165) is 17.3 Å². The predicted molar refractivity (Wildman–Crippen MR) is 86.8 cm³/mol. The fourth-order valence-electron chi connectivity index (χ4n) is 1.74. The third-order valence-corrected chi connectivity index (χ3v) is 3.97. The van der Waals surface area contributed by atoms with E-state index >= 15 is 0 Å². The van der Waals surface area contributed by atoms with Gasteiger partial charge < -0.3 is 11.1 Å². The number of benzene rings is 1. The summed E-state index contributed by atoms with van der Waals surface area (Å²) in [7, 11) is 0. The Labute approximate surface area is 137 Å². The van der Waals surface area contributed by atoms with Gasteiger partial charge >= 0.3 is 0 Å². The quantitative estimate of drug-likeness (QED) is 0.793. The molecular weight excluding hydrogens is 322 g/mol. The number of thioether (sulfide) groups is 1. The van der Waals surface area contributed by atoms with Crippen LogP contribution in [0.15, 0.2) is 47.6 Å². The third kappa shape index (κ3) is 4.75. The van der Waals surface area contributed by atoms with E-state index in [1.54, 1.807) is 30.5 Å². The van der Waals surface area contributed by atoms with Gasteiger partial charge in [0, 0.05) is 17.8 Å². The normalized spacial score (nSPS) is 10.2. The number of halogens is 1. The number of nitrogens with two attached hydrogens (primary N) is 1. The van der Waals surface area contributed by atoms with E-state index in [2.05, 4.69) is 10.3 Å². The number of hydrogen-bond donors (Lipinski definition) is 2. The summed E-state index contributed by atoms with van der Waals surface area (Å²) >= 11 is 7.04. The molecule has 3 N–H and O–H groups in total. The lowest BCUT2D eigenvalue weighted by Gasteiger charge is -2.09. The van der Waals surface area contributed by atoms with Crippen molar-refractivity contribution in [2.24, 2.45) is 5.73 Å². The first-order valence-corrected chi connectivity index (χ1v) is 7.81. The first-order chi connectivity index (χ1) is 10.6. The topological polar surface area (TPSA) is 85.1 Å². The smallest absolute Gasteiger partial charge is 0.254 e. The van der Waals surface area contributed by atoms with Gasteiger partial charge in [0.05, 0.1) is 11.3 Å². The van der Waals surface area contributed by atoms with Crippen molar-refractivity contribution in [3.8, 4) is 0 Å². The Morgan fingerprint density at radius 1 is 1.27 bits per heavy atom. The third-order valence-electron chi connectivity index (χ3n) is 2.71. The van der Waals surface area contributed by atoms with Gasteiger partial charge in [-0.25, -0.2) is 4.98 Å². The molecule has 0 fully saturated rings. The van der Waals surface area contributed by atoms with Gasteiger partial charge in [-0.2, -0.15) is 0 Å². The van der Waals surface area contributed by atoms with Crippen molar-refractivity contribution >= 4 is 35.2 Å². The van der Waals surface area contributed by atoms with Crippen molar-refractivity contribution in [1.29, 1.82) is 0 Å². The molecule has 0 saturated heterocycles. The molecule has 0 saturated carbocycles. The SMILES string of the molecule is NC(=O)CSc1ncccc1C(=O)NCc1cccc(Cl)c1. The molecule has 22 heavy (non-hydrogen) atoms. The highest BCUT2D eigenvalue weighted by Gasteiger charge is 2.13. The van der Waals surface area contributed by atoms with Crippen molar-refractivity contribution < 1.29 is 9.59 Å². The number of hydrogen-bond acceptors (Lipinski definition) is 4. The Bertz CT molecular complexity index is 694. The summed E-state index contributed by atoms with van der Waals surface area (Å²) in [5, 5.41) is 3.90. The number of nitrogens with zero attached hydrogens (tertiary/aromatic N) is 1. The number of rotatable bonds is 6. The molecule has 0 aliphatic heterocycles. The maximum Gasteiger partial charge on any atom is 0.254 e. The summed E-state index contributed by atoms with van der Waals surface area (Å²) in [4.78, 5) is 27.2. The molecule has 5 nitrogen and oxygen atoms in total. The summed E-state index contributed by atoms with van der Waals surface area (Å²) in [6, 6.07) is 10.6. The summed E-state index contributed by atoms with van der Waals surface area (Å²) in [5.41, 5.74) is 6.43. The Kier molecular flexibility index (Phi) is 5.80. The maximum absolute atomic E-state index is 12.3. The molecule has 1 heterocycles. The van der Waals surface area contributed by atoms with Crippen LogP contribution >= 0.6 is 23.4 Å². The molecule has 0 unspecified atom stereocenters. The minimum atomic E-state index is -0.457. The van der Waals surface area contributed by atoms with E-state index in [0.29, 0.717) is 22.2 Å². The molecule has 0 atom stereocenters. The molecular formula is C15H14ClN3O2S. The fraction of sp³-hybridized carbons (Fsp3) is 0.133. The number of primary amides is 1. The van der Waals surface area contributed by atoms with E-state index in [4.69, 9.17) is 17.3 Å². The molecule has 2 aromatic rings. The molecule has 0 aliphatic rings. The molecule has 0 bridgehead atoms. The van der Waals surface area contributed by atoms with E-state index in [1.807, 2.05) is 12.1 Å². The second-order valence-electron chi connectivity index (χ2n) is 4.42. The number of carbonyl (C=O) groups excluding carboxylic acids is 2. The molecule has 2 rings (SSSR count). The molecule has 114 valence electrons. The summed E-state index contributed by atoms with van der Waals surface area (Å²) in [5.74, 6) is -0.646. The average molecular weight is 336 g/mol.